The molecule has 0 fully saturated rings. The van der Waals surface area contributed by atoms with Crippen molar-refractivity contribution in [1.82, 2.24) is 0 Å². The SMILES string of the molecule is CCC1CN=C(Nc2ccc(C#N)c(C(F)(F)F)c2)S1. The zero-order chi connectivity index (χ0) is 14.8. The number of benzene rings is 1. The summed E-state index contributed by atoms with van der Waals surface area (Å²) in [5.74, 6) is 0. The van der Waals surface area contributed by atoms with E-state index in [-0.39, 0.29) is 5.56 Å². The second-order valence-electron chi connectivity index (χ2n) is 4.29. The Morgan fingerprint density at radius 1 is 1.50 bits per heavy atom. The highest BCUT2D eigenvalue weighted by Crippen LogP contribution is 2.34. The van der Waals surface area contributed by atoms with E-state index >= 15 is 0 Å². The molecule has 0 saturated heterocycles. The molecule has 3 nitrogen and oxygen atoms in total. The Bertz CT molecular complexity index is 575. The number of nitrogens with one attached hydrogen (secondary N) is 1. The zero-order valence-corrected chi connectivity index (χ0v) is 11.5. The van der Waals surface area contributed by atoms with Crippen molar-refractivity contribution >= 4 is 22.6 Å². The second kappa shape index (κ2) is 5.75. The third-order valence-electron chi connectivity index (χ3n) is 2.87. The number of amidine groups is 1. The summed E-state index contributed by atoms with van der Waals surface area (Å²) in [4.78, 5) is 4.24. The fourth-order valence-electron chi connectivity index (χ4n) is 1.78. The standard InChI is InChI=1S/C13H12F3N3S/c1-2-10-7-18-12(20-10)19-9-4-3-8(6-17)11(5-9)13(14,15)16/h3-5,10H,2,7H2,1H3,(H,18,19). The van der Waals surface area contributed by atoms with Crippen molar-refractivity contribution in [2.75, 3.05) is 11.9 Å². The molecule has 1 N–H and O–H groups in total. The Balaban J connectivity index is 2.21. The summed E-state index contributed by atoms with van der Waals surface area (Å²) in [6, 6.07) is 5.13. The highest BCUT2D eigenvalue weighted by Gasteiger charge is 2.34. The predicted octanol–water partition coefficient (Wildman–Crippen LogP) is 3.87. The number of thioether (sulfide) groups is 1. The van der Waals surface area contributed by atoms with Gasteiger partial charge in [0.15, 0.2) is 5.17 Å². The number of alkyl halides is 3. The van der Waals surface area contributed by atoms with Gasteiger partial charge in [-0.05, 0) is 24.6 Å². The Morgan fingerprint density at radius 2 is 2.25 bits per heavy atom. The lowest BCUT2D eigenvalue weighted by Crippen LogP contribution is -2.11. The molecule has 0 spiro atoms. The van der Waals surface area contributed by atoms with Gasteiger partial charge in [0, 0.05) is 10.9 Å². The van der Waals surface area contributed by atoms with Gasteiger partial charge >= 0.3 is 6.18 Å². The van der Waals surface area contributed by atoms with Gasteiger partial charge in [0.05, 0.1) is 23.7 Å². The van der Waals surface area contributed by atoms with Crippen molar-refractivity contribution in [1.29, 1.82) is 5.26 Å². The van der Waals surface area contributed by atoms with Gasteiger partial charge in [-0.15, -0.1) is 0 Å². The van der Waals surface area contributed by atoms with E-state index in [4.69, 9.17) is 5.26 Å². The van der Waals surface area contributed by atoms with Gasteiger partial charge in [-0.3, -0.25) is 4.99 Å². The number of hydrogen-bond donors (Lipinski definition) is 1. The summed E-state index contributed by atoms with van der Waals surface area (Å²) in [5.41, 5.74) is -1.02. The topological polar surface area (TPSA) is 48.2 Å². The Labute approximate surface area is 118 Å². The van der Waals surface area contributed by atoms with Gasteiger partial charge in [-0.2, -0.15) is 18.4 Å². The van der Waals surface area contributed by atoms with Crippen LogP contribution in [0.4, 0.5) is 18.9 Å². The van der Waals surface area contributed by atoms with Crippen LogP contribution in [0.25, 0.3) is 0 Å². The molecule has 1 aromatic carbocycles. The lowest BCUT2D eigenvalue weighted by Gasteiger charge is -2.12. The van der Waals surface area contributed by atoms with Gasteiger partial charge in [0.1, 0.15) is 0 Å². The summed E-state index contributed by atoms with van der Waals surface area (Å²) in [6.45, 7) is 2.71. The average molecular weight is 299 g/mol. The number of rotatable bonds is 2. The highest BCUT2D eigenvalue weighted by atomic mass is 32.2. The molecule has 1 unspecified atom stereocenters. The Morgan fingerprint density at radius 3 is 2.80 bits per heavy atom. The molecule has 7 heteroatoms. The smallest absolute Gasteiger partial charge is 0.335 e. The fourth-order valence-corrected chi connectivity index (χ4v) is 2.73. The van der Waals surface area contributed by atoms with E-state index < -0.39 is 11.7 Å². The van der Waals surface area contributed by atoms with Gasteiger partial charge < -0.3 is 5.32 Å². The zero-order valence-electron chi connectivity index (χ0n) is 10.7. The first-order valence-corrected chi connectivity index (χ1v) is 6.91. The molecule has 1 aliphatic rings. The number of hydrogen-bond acceptors (Lipinski definition) is 4. The maximum absolute atomic E-state index is 12.8. The molecule has 0 aliphatic carbocycles. The molecular formula is C13H12F3N3S. The summed E-state index contributed by atoms with van der Waals surface area (Å²) < 4.78 is 38.5. The van der Waals surface area contributed by atoms with Crippen molar-refractivity contribution in [3.8, 4) is 6.07 Å². The molecule has 1 aliphatic heterocycles. The van der Waals surface area contributed by atoms with E-state index in [2.05, 4.69) is 10.3 Å². The predicted molar refractivity (Wildman–Crippen MR) is 73.8 cm³/mol. The van der Waals surface area contributed by atoms with Crippen LogP contribution in [0.15, 0.2) is 23.2 Å². The van der Waals surface area contributed by atoms with Crippen LogP contribution in [0.2, 0.25) is 0 Å². The number of aliphatic imine (C=N–C) groups is 1. The monoisotopic (exact) mass is 299 g/mol. The molecule has 0 amide bonds. The first kappa shape index (κ1) is 14.7. The lowest BCUT2D eigenvalue weighted by molar-refractivity contribution is -0.137. The van der Waals surface area contributed by atoms with E-state index in [1.165, 1.54) is 23.9 Å². The molecule has 0 radical (unpaired) electrons. The highest BCUT2D eigenvalue weighted by molar-refractivity contribution is 8.15. The van der Waals surface area contributed by atoms with Crippen LogP contribution in [0.1, 0.15) is 24.5 Å². The minimum Gasteiger partial charge on any atom is -0.335 e. The van der Waals surface area contributed by atoms with Crippen molar-refractivity contribution in [2.45, 2.75) is 24.8 Å². The van der Waals surface area contributed by atoms with Crippen molar-refractivity contribution < 1.29 is 13.2 Å². The first-order valence-electron chi connectivity index (χ1n) is 6.03. The minimum atomic E-state index is -4.54. The van der Waals surface area contributed by atoms with Gasteiger partial charge in [-0.1, -0.05) is 18.7 Å². The van der Waals surface area contributed by atoms with Crippen molar-refractivity contribution in [3.05, 3.63) is 29.3 Å². The van der Waals surface area contributed by atoms with Gasteiger partial charge in [0.2, 0.25) is 0 Å². The maximum atomic E-state index is 12.8. The fraction of sp³-hybridized carbons (Fsp3) is 0.385. The molecular weight excluding hydrogens is 287 g/mol. The van der Waals surface area contributed by atoms with Crippen LogP contribution in [0.3, 0.4) is 0 Å². The molecule has 1 atom stereocenters. The van der Waals surface area contributed by atoms with E-state index in [0.717, 1.165) is 12.5 Å². The van der Waals surface area contributed by atoms with Crippen LogP contribution in [0, 0.1) is 11.3 Å². The van der Waals surface area contributed by atoms with Crippen LogP contribution in [-0.2, 0) is 6.18 Å². The molecule has 106 valence electrons. The number of halogens is 3. The van der Waals surface area contributed by atoms with Crippen LogP contribution in [-0.4, -0.2) is 17.0 Å². The lowest BCUT2D eigenvalue weighted by atomic mass is 10.1. The molecule has 0 bridgehead atoms. The summed E-state index contributed by atoms with van der Waals surface area (Å²) >= 11 is 1.52. The second-order valence-corrected chi connectivity index (χ2v) is 5.58. The third kappa shape index (κ3) is 3.25. The van der Waals surface area contributed by atoms with E-state index in [9.17, 15) is 13.2 Å². The Hall–Kier alpha value is -1.68. The molecule has 1 aromatic rings. The number of anilines is 1. The quantitative estimate of drug-likeness (QED) is 0.901. The van der Waals surface area contributed by atoms with Crippen LogP contribution in [0.5, 0.6) is 0 Å². The van der Waals surface area contributed by atoms with Crippen LogP contribution < -0.4 is 5.32 Å². The third-order valence-corrected chi connectivity index (χ3v) is 4.14. The molecule has 0 saturated carbocycles. The van der Waals surface area contributed by atoms with E-state index in [1.54, 1.807) is 6.07 Å². The summed E-state index contributed by atoms with van der Waals surface area (Å²) in [6.07, 6.45) is -3.58. The van der Waals surface area contributed by atoms with Crippen molar-refractivity contribution in [3.63, 3.8) is 0 Å². The molecule has 20 heavy (non-hydrogen) atoms. The largest absolute Gasteiger partial charge is 0.417 e. The molecule has 2 rings (SSSR count). The van der Waals surface area contributed by atoms with Gasteiger partial charge in [-0.25, -0.2) is 0 Å². The Kier molecular flexibility index (Phi) is 4.23. The molecule has 0 aromatic heterocycles. The number of nitrogens with zero attached hydrogens (tertiary/aromatic N) is 2. The minimum absolute atomic E-state index is 0.291. The first-order chi connectivity index (χ1) is 9.44. The van der Waals surface area contributed by atoms with E-state index in [1.807, 2.05) is 6.92 Å². The van der Waals surface area contributed by atoms with Gasteiger partial charge in [0.25, 0.3) is 0 Å². The summed E-state index contributed by atoms with van der Waals surface area (Å²) in [7, 11) is 0. The average Bonchev–Trinajstić information content (AvgIpc) is 2.85. The van der Waals surface area contributed by atoms with E-state index in [0.29, 0.717) is 22.6 Å². The van der Waals surface area contributed by atoms with Crippen LogP contribution >= 0.6 is 11.8 Å². The van der Waals surface area contributed by atoms with Crippen molar-refractivity contribution in [2.24, 2.45) is 4.99 Å². The maximum Gasteiger partial charge on any atom is 0.417 e. The normalized spacial score (nSPS) is 18.6. The summed E-state index contributed by atoms with van der Waals surface area (Å²) in [5, 5.41) is 12.6. The molecule has 1 heterocycles. The number of nitriles is 1.